The minimum Gasteiger partial charge on any atom is -0.381 e. The molecular formula is C14H16N2O2. The number of aliphatic hydroxyl groups is 1. The molecule has 1 fully saturated rings. The van der Waals surface area contributed by atoms with Crippen molar-refractivity contribution in [2.45, 2.75) is 18.9 Å². The molecule has 94 valence electrons. The van der Waals surface area contributed by atoms with Crippen molar-refractivity contribution >= 4 is 22.9 Å². The average Bonchev–Trinajstić information content (AvgIpc) is 3.06. The molecule has 4 nitrogen and oxygen atoms in total. The van der Waals surface area contributed by atoms with Crippen molar-refractivity contribution in [2.75, 3.05) is 18.0 Å². The van der Waals surface area contributed by atoms with Crippen LogP contribution < -0.4 is 4.90 Å². The summed E-state index contributed by atoms with van der Waals surface area (Å²) in [6.07, 6.45) is 3.68. The van der Waals surface area contributed by atoms with Crippen LogP contribution in [-0.4, -0.2) is 29.5 Å². The SMILES string of the molecule is O=CC(O)c1c[nH]c2ccc(N3CCCC3)cc12. The molecule has 0 radical (unpaired) electrons. The van der Waals surface area contributed by atoms with Crippen molar-refractivity contribution in [1.82, 2.24) is 4.98 Å². The Morgan fingerprint density at radius 3 is 2.83 bits per heavy atom. The molecule has 0 aliphatic carbocycles. The summed E-state index contributed by atoms with van der Waals surface area (Å²) in [5.74, 6) is 0. The highest BCUT2D eigenvalue weighted by Gasteiger charge is 2.16. The van der Waals surface area contributed by atoms with E-state index in [-0.39, 0.29) is 0 Å². The Bertz CT molecular complexity index is 570. The van der Waals surface area contributed by atoms with Gasteiger partial charge in [-0.1, -0.05) is 0 Å². The molecular weight excluding hydrogens is 228 g/mol. The van der Waals surface area contributed by atoms with E-state index in [0.29, 0.717) is 11.8 Å². The zero-order valence-electron chi connectivity index (χ0n) is 10.1. The molecule has 4 heteroatoms. The van der Waals surface area contributed by atoms with Gasteiger partial charge in [-0.3, -0.25) is 0 Å². The number of hydrogen-bond donors (Lipinski definition) is 2. The molecule has 0 saturated carbocycles. The highest BCUT2D eigenvalue weighted by molar-refractivity contribution is 5.89. The summed E-state index contributed by atoms with van der Waals surface area (Å²) in [5.41, 5.74) is 2.77. The molecule has 2 aromatic rings. The number of H-pyrrole nitrogens is 1. The minimum absolute atomic E-state index is 0.561. The second-order valence-corrected chi connectivity index (χ2v) is 4.75. The molecule has 1 aliphatic rings. The van der Waals surface area contributed by atoms with E-state index in [9.17, 15) is 9.90 Å². The van der Waals surface area contributed by atoms with Crippen LogP contribution in [0.1, 0.15) is 24.5 Å². The maximum atomic E-state index is 10.7. The Hall–Kier alpha value is -1.81. The first-order chi connectivity index (χ1) is 8.79. The van der Waals surface area contributed by atoms with Gasteiger partial charge in [0.05, 0.1) is 0 Å². The maximum absolute atomic E-state index is 10.7. The molecule has 1 atom stereocenters. The van der Waals surface area contributed by atoms with E-state index >= 15 is 0 Å². The van der Waals surface area contributed by atoms with Gasteiger partial charge in [0.25, 0.3) is 0 Å². The van der Waals surface area contributed by atoms with Crippen LogP contribution in [0, 0.1) is 0 Å². The molecule has 1 aromatic carbocycles. The molecule has 1 unspecified atom stereocenters. The number of carbonyl (C=O) groups is 1. The molecule has 1 aliphatic heterocycles. The number of anilines is 1. The molecule has 2 heterocycles. The second-order valence-electron chi connectivity index (χ2n) is 4.75. The normalized spacial score (nSPS) is 17.3. The smallest absolute Gasteiger partial charge is 0.153 e. The summed E-state index contributed by atoms with van der Waals surface area (Å²) in [7, 11) is 0. The molecule has 3 rings (SSSR count). The minimum atomic E-state index is -1.05. The Labute approximate surface area is 105 Å². The molecule has 1 aromatic heterocycles. The molecule has 18 heavy (non-hydrogen) atoms. The van der Waals surface area contributed by atoms with E-state index in [2.05, 4.69) is 22.0 Å². The number of aliphatic hydroxyl groups excluding tert-OH is 1. The number of fused-ring (bicyclic) bond motifs is 1. The van der Waals surface area contributed by atoms with E-state index in [0.717, 1.165) is 24.0 Å². The van der Waals surface area contributed by atoms with Gasteiger partial charge in [0.2, 0.25) is 0 Å². The zero-order chi connectivity index (χ0) is 12.5. The maximum Gasteiger partial charge on any atom is 0.153 e. The molecule has 1 saturated heterocycles. The number of aromatic nitrogens is 1. The van der Waals surface area contributed by atoms with Crippen LogP contribution in [0.2, 0.25) is 0 Å². The lowest BCUT2D eigenvalue weighted by molar-refractivity contribution is -0.115. The topological polar surface area (TPSA) is 56.3 Å². The Morgan fingerprint density at radius 2 is 2.11 bits per heavy atom. The van der Waals surface area contributed by atoms with E-state index in [4.69, 9.17) is 0 Å². The lowest BCUT2D eigenvalue weighted by Gasteiger charge is -2.17. The highest BCUT2D eigenvalue weighted by Crippen LogP contribution is 2.29. The van der Waals surface area contributed by atoms with Crippen molar-refractivity contribution in [1.29, 1.82) is 0 Å². The summed E-state index contributed by atoms with van der Waals surface area (Å²) in [6, 6.07) is 6.14. The van der Waals surface area contributed by atoms with Crippen molar-refractivity contribution < 1.29 is 9.90 Å². The van der Waals surface area contributed by atoms with Crippen LogP contribution in [0.5, 0.6) is 0 Å². The summed E-state index contributed by atoms with van der Waals surface area (Å²) in [5, 5.41) is 10.6. The number of rotatable bonds is 3. The summed E-state index contributed by atoms with van der Waals surface area (Å²) >= 11 is 0. The first-order valence-electron chi connectivity index (χ1n) is 6.29. The van der Waals surface area contributed by atoms with Gasteiger partial charge >= 0.3 is 0 Å². The summed E-state index contributed by atoms with van der Waals surface area (Å²) in [6.45, 7) is 2.17. The fourth-order valence-corrected chi connectivity index (χ4v) is 2.62. The van der Waals surface area contributed by atoms with Gasteiger partial charge < -0.3 is 19.8 Å². The van der Waals surface area contributed by atoms with Gasteiger partial charge in [0.1, 0.15) is 6.10 Å². The lowest BCUT2D eigenvalue weighted by atomic mass is 10.1. The van der Waals surface area contributed by atoms with E-state index in [1.165, 1.54) is 18.5 Å². The Balaban J connectivity index is 2.06. The average molecular weight is 244 g/mol. The van der Waals surface area contributed by atoms with E-state index in [1.807, 2.05) is 6.07 Å². The predicted molar refractivity (Wildman–Crippen MR) is 70.8 cm³/mol. The number of aromatic amines is 1. The van der Waals surface area contributed by atoms with E-state index < -0.39 is 6.10 Å². The van der Waals surface area contributed by atoms with Gasteiger partial charge in [-0.2, -0.15) is 0 Å². The number of benzene rings is 1. The molecule has 2 N–H and O–H groups in total. The molecule has 0 spiro atoms. The first-order valence-corrected chi connectivity index (χ1v) is 6.29. The summed E-state index contributed by atoms with van der Waals surface area (Å²) < 4.78 is 0. The van der Waals surface area contributed by atoms with Crippen molar-refractivity contribution in [3.05, 3.63) is 30.0 Å². The van der Waals surface area contributed by atoms with Gasteiger partial charge in [-0.25, -0.2) is 0 Å². The van der Waals surface area contributed by atoms with Crippen LogP contribution in [0.15, 0.2) is 24.4 Å². The summed E-state index contributed by atoms with van der Waals surface area (Å²) in [4.78, 5) is 16.1. The van der Waals surface area contributed by atoms with Crippen LogP contribution in [-0.2, 0) is 4.79 Å². The quantitative estimate of drug-likeness (QED) is 0.812. The fourth-order valence-electron chi connectivity index (χ4n) is 2.62. The predicted octanol–water partition coefficient (Wildman–Crippen LogP) is 2.00. The van der Waals surface area contributed by atoms with Crippen LogP contribution >= 0.6 is 0 Å². The number of hydrogen-bond acceptors (Lipinski definition) is 3. The fraction of sp³-hybridized carbons (Fsp3) is 0.357. The van der Waals surface area contributed by atoms with Crippen LogP contribution in [0.3, 0.4) is 0 Å². The van der Waals surface area contributed by atoms with Gasteiger partial charge in [-0.15, -0.1) is 0 Å². The number of nitrogens with one attached hydrogen (secondary N) is 1. The van der Waals surface area contributed by atoms with Crippen molar-refractivity contribution in [3.8, 4) is 0 Å². The third kappa shape index (κ3) is 1.78. The second kappa shape index (κ2) is 4.46. The number of aldehydes is 1. The highest BCUT2D eigenvalue weighted by atomic mass is 16.3. The Morgan fingerprint density at radius 1 is 1.33 bits per heavy atom. The third-order valence-electron chi connectivity index (χ3n) is 3.62. The zero-order valence-corrected chi connectivity index (χ0v) is 10.1. The van der Waals surface area contributed by atoms with Gasteiger partial charge in [0, 0.05) is 41.4 Å². The standard InChI is InChI=1S/C14H16N2O2/c17-9-14(18)12-8-15-13-4-3-10(7-11(12)13)16-5-1-2-6-16/h3-4,7-9,14-15,18H,1-2,5-6H2. The van der Waals surface area contributed by atoms with Crippen LogP contribution in [0.25, 0.3) is 10.9 Å². The van der Waals surface area contributed by atoms with Crippen molar-refractivity contribution in [3.63, 3.8) is 0 Å². The van der Waals surface area contributed by atoms with E-state index in [1.54, 1.807) is 6.20 Å². The van der Waals surface area contributed by atoms with Gasteiger partial charge in [-0.05, 0) is 31.0 Å². The van der Waals surface area contributed by atoms with Crippen LogP contribution in [0.4, 0.5) is 5.69 Å². The molecule has 0 amide bonds. The first kappa shape index (κ1) is 11.3. The van der Waals surface area contributed by atoms with Gasteiger partial charge in [0.15, 0.2) is 6.29 Å². The number of carbonyl (C=O) groups excluding carboxylic acids is 1. The lowest BCUT2D eigenvalue weighted by Crippen LogP contribution is -2.17. The Kier molecular flexibility index (Phi) is 2.80. The number of nitrogens with zero attached hydrogens (tertiary/aromatic N) is 1. The largest absolute Gasteiger partial charge is 0.381 e. The molecule has 0 bridgehead atoms. The monoisotopic (exact) mass is 244 g/mol. The van der Waals surface area contributed by atoms with Crippen molar-refractivity contribution in [2.24, 2.45) is 0 Å². The third-order valence-corrected chi connectivity index (χ3v) is 3.62.